The van der Waals surface area contributed by atoms with E-state index in [-0.39, 0.29) is 11.2 Å². The second kappa shape index (κ2) is 7.39. The Labute approximate surface area is 142 Å². The minimum absolute atomic E-state index is 0.186. The molecule has 5 heteroatoms. The Bertz CT molecular complexity index is 630. The molecule has 1 aromatic carbocycles. The zero-order chi connectivity index (χ0) is 16.2. The number of aromatic amines is 1. The normalized spacial score (nSPS) is 17.3. The van der Waals surface area contributed by atoms with Gasteiger partial charge >= 0.3 is 0 Å². The van der Waals surface area contributed by atoms with Crippen molar-refractivity contribution in [2.45, 2.75) is 50.3 Å². The highest BCUT2D eigenvalue weighted by Gasteiger charge is 2.22. The van der Waals surface area contributed by atoms with Crippen LogP contribution in [0.25, 0.3) is 11.0 Å². The van der Waals surface area contributed by atoms with Gasteiger partial charge in [0.1, 0.15) is 5.82 Å². The van der Waals surface area contributed by atoms with E-state index < -0.39 is 0 Å². The Kier molecular flexibility index (Phi) is 5.26. The van der Waals surface area contributed by atoms with Crippen molar-refractivity contribution < 1.29 is 4.79 Å². The number of nitrogens with zero attached hydrogens (tertiary/aromatic N) is 2. The van der Waals surface area contributed by atoms with Gasteiger partial charge in [0.25, 0.3) is 0 Å². The van der Waals surface area contributed by atoms with Gasteiger partial charge in [-0.2, -0.15) is 0 Å². The zero-order valence-electron chi connectivity index (χ0n) is 13.9. The van der Waals surface area contributed by atoms with Crippen molar-refractivity contribution in [1.82, 2.24) is 14.9 Å². The van der Waals surface area contributed by atoms with Crippen LogP contribution in [0.4, 0.5) is 0 Å². The molecule has 1 heterocycles. The molecule has 1 aromatic heterocycles. The smallest absolute Gasteiger partial charge is 0.232 e. The topological polar surface area (TPSA) is 49.0 Å². The number of benzene rings is 1. The van der Waals surface area contributed by atoms with Gasteiger partial charge in [-0.3, -0.25) is 4.79 Å². The lowest BCUT2D eigenvalue weighted by Crippen LogP contribution is -2.39. The molecule has 0 saturated heterocycles. The Morgan fingerprint density at radius 2 is 2.09 bits per heavy atom. The maximum atomic E-state index is 12.4. The Morgan fingerprint density at radius 1 is 1.35 bits per heavy atom. The average Bonchev–Trinajstić information content (AvgIpc) is 3.03. The first-order chi connectivity index (χ1) is 11.1. The number of H-pyrrole nitrogens is 1. The fourth-order valence-corrected chi connectivity index (χ4v) is 4.08. The second-order valence-corrected chi connectivity index (χ2v) is 7.72. The van der Waals surface area contributed by atoms with Gasteiger partial charge in [0, 0.05) is 13.1 Å². The van der Waals surface area contributed by atoms with E-state index in [1.54, 1.807) is 11.8 Å². The molecule has 1 atom stereocenters. The van der Waals surface area contributed by atoms with Gasteiger partial charge in [0.15, 0.2) is 0 Å². The SMILES string of the molecule is CC(SCC(=O)N(C)C1CCCCC1)c1nc2ccccc2[nH]1. The van der Waals surface area contributed by atoms with Crippen LogP contribution in [0.1, 0.15) is 50.1 Å². The van der Waals surface area contributed by atoms with Crippen LogP contribution in [0.2, 0.25) is 0 Å². The Balaban J connectivity index is 1.55. The van der Waals surface area contributed by atoms with E-state index in [9.17, 15) is 4.79 Å². The summed E-state index contributed by atoms with van der Waals surface area (Å²) in [7, 11) is 1.96. The van der Waals surface area contributed by atoms with E-state index in [1.807, 2.05) is 36.2 Å². The van der Waals surface area contributed by atoms with Gasteiger partial charge in [0.2, 0.25) is 5.91 Å². The molecule has 3 rings (SSSR count). The lowest BCUT2D eigenvalue weighted by atomic mass is 9.94. The molecule has 1 fully saturated rings. The van der Waals surface area contributed by atoms with Crippen molar-refractivity contribution in [2.24, 2.45) is 0 Å². The molecule has 1 amide bonds. The highest BCUT2D eigenvalue weighted by Crippen LogP contribution is 2.29. The summed E-state index contributed by atoms with van der Waals surface area (Å²) in [5.74, 6) is 1.71. The Morgan fingerprint density at radius 3 is 2.83 bits per heavy atom. The van der Waals surface area contributed by atoms with E-state index in [0.29, 0.717) is 11.8 Å². The van der Waals surface area contributed by atoms with Crippen molar-refractivity contribution in [3.05, 3.63) is 30.1 Å². The monoisotopic (exact) mass is 331 g/mol. The van der Waals surface area contributed by atoms with Crippen LogP contribution in [0, 0.1) is 0 Å². The molecule has 1 N–H and O–H groups in total. The Hall–Kier alpha value is -1.49. The van der Waals surface area contributed by atoms with Crippen LogP contribution in [0.3, 0.4) is 0 Å². The van der Waals surface area contributed by atoms with E-state index in [0.717, 1.165) is 29.7 Å². The highest BCUT2D eigenvalue weighted by molar-refractivity contribution is 8.00. The summed E-state index contributed by atoms with van der Waals surface area (Å²) in [6.07, 6.45) is 6.14. The third-order valence-electron chi connectivity index (χ3n) is 4.77. The molecule has 23 heavy (non-hydrogen) atoms. The molecule has 0 aliphatic heterocycles. The highest BCUT2D eigenvalue weighted by atomic mass is 32.2. The van der Waals surface area contributed by atoms with Crippen molar-refractivity contribution in [2.75, 3.05) is 12.8 Å². The van der Waals surface area contributed by atoms with Gasteiger partial charge in [-0.15, -0.1) is 11.8 Å². The molecule has 1 aliphatic carbocycles. The number of fused-ring (bicyclic) bond motifs is 1. The number of hydrogen-bond acceptors (Lipinski definition) is 3. The largest absolute Gasteiger partial charge is 0.342 e. The van der Waals surface area contributed by atoms with E-state index in [1.165, 1.54) is 19.3 Å². The molecule has 0 spiro atoms. The quantitative estimate of drug-likeness (QED) is 0.895. The van der Waals surface area contributed by atoms with Crippen LogP contribution in [-0.2, 0) is 4.79 Å². The molecule has 0 bridgehead atoms. The lowest BCUT2D eigenvalue weighted by Gasteiger charge is -2.31. The van der Waals surface area contributed by atoms with Gasteiger partial charge in [-0.25, -0.2) is 4.98 Å². The van der Waals surface area contributed by atoms with Gasteiger partial charge in [-0.05, 0) is 31.9 Å². The third kappa shape index (κ3) is 3.89. The number of carbonyl (C=O) groups is 1. The number of amides is 1. The first-order valence-corrected chi connectivity index (χ1v) is 9.52. The number of carbonyl (C=O) groups excluding carboxylic acids is 1. The standard InChI is InChI=1S/C18H25N3OS/c1-13(18-19-15-10-6-7-11-16(15)20-18)23-12-17(22)21(2)14-8-4-3-5-9-14/h6-7,10-11,13-14H,3-5,8-9,12H2,1-2H3,(H,19,20). The van der Waals surface area contributed by atoms with Crippen LogP contribution < -0.4 is 0 Å². The molecule has 1 aliphatic rings. The van der Waals surface area contributed by atoms with E-state index in [4.69, 9.17) is 0 Å². The summed E-state index contributed by atoms with van der Waals surface area (Å²) in [5.41, 5.74) is 2.04. The van der Waals surface area contributed by atoms with Crippen molar-refractivity contribution in [1.29, 1.82) is 0 Å². The molecule has 124 valence electrons. The summed E-state index contributed by atoms with van der Waals surface area (Å²) < 4.78 is 0. The predicted molar refractivity (Wildman–Crippen MR) is 96.6 cm³/mol. The number of aromatic nitrogens is 2. The fourth-order valence-electron chi connectivity index (χ4n) is 3.21. The number of imidazole rings is 1. The summed E-state index contributed by atoms with van der Waals surface area (Å²) in [5, 5.41) is 0.186. The fraction of sp³-hybridized carbons (Fsp3) is 0.556. The molecular weight excluding hydrogens is 306 g/mol. The minimum atomic E-state index is 0.186. The third-order valence-corrected chi connectivity index (χ3v) is 5.90. The second-order valence-electron chi connectivity index (χ2n) is 6.39. The van der Waals surface area contributed by atoms with Gasteiger partial charge < -0.3 is 9.88 Å². The predicted octanol–water partition coefficient (Wildman–Crippen LogP) is 4.15. The summed E-state index contributed by atoms with van der Waals surface area (Å²) in [4.78, 5) is 22.4. The summed E-state index contributed by atoms with van der Waals surface area (Å²) >= 11 is 1.66. The molecule has 4 nitrogen and oxygen atoms in total. The lowest BCUT2D eigenvalue weighted by molar-refractivity contribution is -0.129. The van der Waals surface area contributed by atoms with Crippen molar-refractivity contribution >= 4 is 28.7 Å². The number of para-hydroxylation sites is 2. The molecule has 1 unspecified atom stereocenters. The first-order valence-electron chi connectivity index (χ1n) is 8.47. The molecule has 1 saturated carbocycles. The maximum absolute atomic E-state index is 12.4. The van der Waals surface area contributed by atoms with Crippen LogP contribution in [-0.4, -0.2) is 39.6 Å². The average molecular weight is 331 g/mol. The minimum Gasteiger partial charge on any atom is -0.342 e. The first kappa shape index (κ1) is 16.4. The van der Waals surface area contributed by atoms with Crippen LogP contribution in [0.5, 0.6) is 0 Å². The zero-order valence-corrected chi connectivity index (χ0v) is 14.7. The number of nitrogens with one attached hydrogen (secondary N) is 1. The van der Waals surface area contributed by atoms with Gasteiger partial charge in [0.05, 0.1) is 22.0 Å². The van der Waals surface area contributed by atoms with E-state index >= 15 is 0 Å². The summed E-state index contributed by atoms with van der Waals surface area (Å²) in [6.45, 7) is 2.11. The maximum Gasteiger partial charge on any atom is 0.232 e. The van der Waals surface area contributed by atoms with Crippen molar-refractivity contribution in [3.8, 4) is 0 Å². The number of rotatable bonds is 5. The summed E-state index contributed by atoms with van der Waals surface area (Å²) in [6, 6.07) is 8.48. The van der Waals surface area contributed by atoms with Crippen LogP contribution >= 0.6 is 11.8 Å². The molecular formula is C18H25N3OS. The molecule has 0 radical (unpaired) electrons. The van der Waals surface area contributed by atoms with Crippen LogP contribution in [0.15, 0.2) is 24.3 Å². The molecule has 2 aromatic rings. The number of thioether (sulfide) groups is 1. The van der Waals surface area contributed by atoms with E-state index in [2.05, 4.69) is 16.9 Å². The van der Waals surface area contributed by atoms with Crippen molar-refractivity contribution in [3.63, 3.8) is 0 Å². The van der Waals surface area contributed by atoms with Gasteiger partial charge in [-0.1, -0.05) is 31.4 Å². The number of hydrogen-bond donors (Lipinski definition) is 1.